The standard InChI is InChI=1S/C14H12O3S/c1-16-12-5-7-18-14(12)13(15)10-2-3-11-9(8-10)4-6-17-11/h2-3,5,7-8H,4,6H2,1H3. The van der Waals surface area contributed by atoms with Crippen LogP contribution in [0.4, 0.5) is 0 Å². The third-order valence-electron chi connectivity index (χ3n) is 3.01. The fourth-order valence-corrected chi connectivity index (χ4v) is 2.90. The van der Waals surface area contributed by atoms with Gasteiger partial charge in [-0.3, -0.25) is 4.79 Å². The lowest BCUT2D eigenvalue weighted by molar-refractivity contribution is 0.104. The fraction of sp³-hybridized carbons (Fsp3) is 0.214. The van der Waals surface area contributed by atoms with Crippen molar-refractivity contribution in [3.05, 3.63) is 45.6 Å². The quantitative estimate of drug-likeness (QED) is 0.796. The Morgan fingerprint density at radius 3 is 3.11 bits per heavy atom. The lowest BCUT2D eigenvalue weighted by Gasteiger charge is -2.04. The number of fused-ring (bicyclic) bond motifs is 1. The maximum Gasteiger partial charge on any atom is 0.206 e. The Morgan fingerprint density at radius 1 is 1.39 bits per heavy atom. The molecule has 1 aliphatic heterocycles. The van der Waals surface area contributed by atoms with Crippen LogP contribution in [0.25, 0.3) is 0 Å². The SMILES string of the molecule is COc1ccsc1C(=O)c1ccc2c(c1)CCO2. The third kappa shape index (κ3) is 1.78. The molecular formula is C14H12O3S. The van der Waals surface area contributed by atoms with E-state index in [1.54, 1.807) is 7.11 Å². The zero-order valence-electron chi connectivity index (χ0n) is 9.93. The molecule has 2 heterocycles. The molecule has 0 unspecified atom stereocenters. The number of ether oxygens (including phenoxy) is 2. The van der Waals surface area contributed by atoms with E-state index >= 15 is 0 Å². The smallest absolute Gasteiger partial charge is 0.206 e. The van der Waals surface area contributed by atoms with E-state index in [1.165, 1.54) is 11.3 Å². The Balaban J connectivity index is 1.98. The van der Waals surface area contributed by atoms with Gasteiger partial charge in [-0.2, -0.15) is 0 Å². The second kappa shape index (κ2) is 4.46. The van der Waals surface area contributed by atoms with Gasteiger partial charge in [-0.15, -0.1) is 11.3 Å². The first-order chi connectivity index (χ1) is 8.79. The summed E-state index contributed by atoms with van der Waals surface area (Å²) in [5, 5.41) is 1.86. The third-order valence-corrected chi connectivity index (χ3v) is 3.90. The molecule has 92 valence electrons. The van der Waals surface area contributed by atoms with Crippen molar-refractivity contribution in [3.63, 3.8) is 0 Å². The predicted molar refractivity (Wildman–Crippen MR) is 69.9 cm³/mol. The lowest BCUT2D eigenvalue weighted by Crippen LogP contribution is -2.01. The molecule has 1 aromatic heterocycles. The highest BCUT2D eigenvalue weighted by Crippen LogP contribution is 2.30. The van der Waals surface area contributed by atoms with Crippen LogP contribution in [-0.4, -0.2) is 19.5 Å². The first-order valence-corrected chi connectivity index (χ1v) is 6.59. The van der Waals surface area contributed by atoms with Gasteiger partial charge in [0.25, 0.3) is 0 Å². The Kier molecular flexibility index (Phi) is 2.80. The van der Waals surface area contributed by atoms with E-state index < -0.39 is 0 Å². The average Bonchev–Trinajstić information content (AvgIpc) is 3.05. The summed E-state index contributed by atoms with van der Waals surface area (Å²) in [5.74, 6) is 1.54. The summed E-state index contributed by atoms with van der Waals surface area (Å²) in [6.45, 7) is 0.704. The van der Waals surface area contributed by atoms with Crippen molar-refractivity contribution in [2.24, 2.45) is 0 Å². The first-order valence-electron chi connectivity index (χ1n) is 5.71. The zero-order valence-corrected chi connectivity index (χ0v) is 10.8. The van der Waals surface area contributed by atoms with Crippen LogP contribution in [0.15, 0.2) is 29.6 Å². The number of thiophene rings is 1. The topological polar surface area (TPSA) is 35.5 Å². The van der Waals surface area contributed by atoms with Gasteiger partial charge in [-0.05, 0) is 35.2 Å². The monoisotopic (exact) mass is 260 g/mol. The Morgan fingerprint density at radius 2 is 2.28 bits per heavy atom. The minimum Gasteiger partial charge on any atom is -0.495 e. The highest BCUT2D eigenvalue weighted by atomic mass is 32.1. The van der Waals surface area contributed by atoms with E-state index in [9.17, 15) is 4.79 Å². The molecule has 0 saturated carbocycles. The second-order valence-corrected chi connectivity index (χ2v) is 4.98. The minimum atomic E-state index is 0.0107. The number of hydrogen-bond donors (Lipinski definition) is 0. The molecule has 0 fully saturated rings. The summed E-state index contributed by atoms with van der Waals surface area (Å²) in [5.41, 5.74) is 1.80. The van der Waals surface area contributed by atoms with E-state index in [0.717, 1.165) is 17.7 Å². The Hall–Kier alpha value is -1.81. The fourth-order valence-electron chi connectivity index (χ4n) is 2.08. The summed E-state index contributed by atoms with van der Waals surface area (Å²) in [7, 11) is 1.58. The van der Waals surface area contributed by atoms with Crippen LogP contribution in [0.5, 0.6) is 11.5 Å². The van der Waals surface area contributed by atoms with Crippen molar-refractivity contribution in [1.82, 2.24) is 0 Å². The molecule has 0 radical (unpaired) electrons. The van der Waals surface area contributed by atoms with Crippen LogP contribution in [0, 0.1) is 0 Å². The van der Waals surface area contributed by atoms with E-state index in [-0.39, 0.29) is 5.78 Å². The predicted octanol–water partition coefficient (Wildman–Crippen LogP) is 2.92. The molecule has 3 rings (SSSR count). The summed E-state index contributed by atoms with van der Waals surface area (Å²) in [4.78, 5) is 13.0. The van der Waals surface area contributed by atoms with E-state index in [0.29, 0.717) is 22.8 Å². The van der Waals surface area contributed by atoms with Gasteiger partial charge in [0.1, 0.15) is 16.4 Å². The number of rotatable bonds is 3. The number of carbonyl (C=O) groups excluding carboxylic acids is 1. The van der Waals surface area contributed by atoms with Crippen LogP contribution >= 0.6 is 11.3 Å². The number of hydrogen-bond acceptors (Lipinski definition) is 4. The molecule has 0 N–H and O–H groups in total. The maximum absolute atomic E-state index is 12.4. The van der Waals surface area contributed by atoms with E-state index in [1.807, 2.05) is 29.6 Å². The first kappa shape index (κ1) is 11.3. The van der Waals surface area contributed by atoms with Gasteiger partial charge in [0, 0.05) is 12.0 Å². The Labute approximate surface area is 109 Å². The van der Waals surface area contributed by atoms with E-state index in [2.05, 4.69) is 0 Å². The normalized spacial score (nSPS) is 12.9. The van der Waals surface area contributed by atoms with Gasteiger partial charge < -0.3 is 9.47 Å². The number of benzene rings is 1. The average molecular weight is 260 g/mol. The van der Waals surface area contributed by atoms with Crippen LogP contribution in [0.2, 0.25) is 0 Å². The lowest BCUT2D eigenvalue weighted by atomic mass is 10.0. The summed E-state index contributed by atoms with van der Waals surface area (Å²) in [6, 6.07) is 7.42. The van der Waals surface area contributed by atoms with Crippen molar-refractivity contribution < 1.29 is 14.3 Å². The molecule has 1 aromatic carbocycles. The minimum absolute atomic E-state index is 0.0107. The van der Waals surface area contributed by atoms with E-state index in [4.69, 9.17) is 9.47 Å². The van der Waals surface area contributed by atoms with Crippen LogP contribution in [0.3, 0.4) is 0 Å². The van der Waals surface area contributed by atoms with Gasteiger partial charge in [-0.25, -0.2) is 0 Å². The van der Waals surface area contributed by atoms with Gasteiger partial charge in [0.05, 0.1) is 13.7 Å². The van der Waals surface area contributed by atoms with Gasteiger partial charge in [-0.1, -0.05) is 0 Å². The van der Waals surface area contributed by atoms with Crippen LogP contribution in [0.1, 0.15) is 20.8 Å². The molecule has 0 amide bonds. The highest BCUT2D eigenvalue weighted by Gasteiger charge is 2.19. The van der Waals surface area contributed by atoms with Crippen LogP contribution in [-0.2, 0) is 6.42 Å². The number of ketones is 1. The Bertz CT molecular complexity index is 601. The molecule has 2 aromatic rings. The zero-order chi connectivity index (χ0) is 12.5. The van der Waals surface area contributed by atoms with Crippen molar-refractivity contribution in [2.75, 3.05) is 13.7 Å². The number of carbonyl (C=O) groups is 1. The van der Waals surface area contributed by atoms with Crippen molar-refractivity contribution in [2.45, 2.75) is 6.42 Å². The largest absolute Gasteiger partial charge is 0.495 e. The molecule has 1 aliphatic rings. The summed E-state index contributed by atoms with van der Waals surface area (Å²) < 4.78 is 10.6. The van der Waals surface area contributed by atoms with Crippen LogP contribution < -0.4 is 9.47 Å². The van der Waals surface area contributed by atoms with Crippen molar-refractivity contribution >= 4 is 17.1 Å². The maximum atomic E-state index is 12.4. The molecule has 18 heavy (non-hydrogen) atoms. The second-order valence-electron chi connectivity index (χ2n) is 4.07. The van der Waals surface area contributed by atoms with Gasteiger partial charge in [0.15, 0.2) is 0 Å². The summed E-state index contributed by atoms with van der Waals surface area (Å²) >= 11 is 1.40. The van der Waals surface area contributed by atoms with Crippen molar-refractivity contribution in [3.8, 4) is 11.5 Å². The summed E-state index contributed by atoms with van der Waals surface area (Å²) in [6.07, 6.45) is 0.873. The van der Waals surface area contributed by atoms with Gasteiger partial charge in [0.2, 0.25) is 5.78 Å². The van der Waals surface area contributed by atoms with Gasteiger partial charge >= 0.3 is 0 Å². The molecule has 0 aliphatic carbocycles. The van der Waals surface area contributed by atoms with Crippen molar-refractivity contribution in [1.29, 1.82) is 0 Å². The highest BCUT2D eigenvalue weighted by molar-refractivity contribution is 7.12. The molecule has 0 atom stereocenters. The molecule has 0 bridgehead atoms. The molecule has 0 spiro atoms. The molecule has 3 nitrogen and oxygen atoms in total. The molecule has 4 heteroatoms. The molecule has 0 saturated heterocycles. The number of methoxy groups -OCH3 is 1. The molecular weight excluding hydrogens is 248 g/mol.